The molecule has 0 aliphatic carbocycles. The summed E-state index contributed by atoms with van der Waals surface area (Å²) in [5.74, 6) is 5.65. The van der Waals surface area contributed by atoms with Crippen LogP contribution in [0, 0.1) is 18.8 Å². The molecule has 0 saturated heterocycles. The molecule has 0 atom stereocenters. The lowest BCUT2D eigenvalue weighted by molar-refractivity contribution is 0.0957. The van der Waals surface area contributed by atoms with Crippen LogP contribution in [-0.4, -0.2) is 29.2 Å². The van der Waals surface area contributed by atoms with Crippen LogP contribution >= 0.6 is 11.3 Å². The number of thiophene rings is 1. The number of nitrogens with one attached hydrogen (secondary N) is 2. The minimum Gasteiger partial charge on any atom is -0.351 e. The SMILES string of the molecule is Cc1[nH]ncc1CCCNC(=O)c1ccc(C#CCN)s1. The van der Waals surface area contributed by atoms with Gasteiger partial charge in [-0.1, -0.05) is 11.8 Å². The van der Waals surface area contributed by atoms with Crippen molar-refractivity contribution in [2.45, 2.75) is 19.8 Å². The fraction of sp³-hybridized carbons (Fsp3) is 0.333. The minimum atomic E-state index is -0.0512. The van der Waals surface area contributed by atoms with Crippen molar-refractivity contribution >= 4 is 17.2 Å². The number of hydrogen-bond donors (Lipinski definition) is 3. The molecule has 0 radical (unpaired) electrons. The summed E-state index contributed by atoms with van der Waals surface area (Å²) >= 11 is 1.38. The number of hydrogen-bond acceptors (Lipinski definition) is 4. The van der Waals surface area contributed by atoms with Crippen molar-refractivity contribution in [1.82, 2.24) is 15.5 Å². The normalized spacial score (nSPS) is 10.0. The van der Waals surface area contributed by atoms with Crippen molar-refractivity contribution in [2.75, 3.05) is 13.1 Å². The first-order chi connectivity index (χ1) is 10.2. The van der Waals surface area contributed by atoms with Gasteiger partial charge in [-0.05, 0) is 37.5 Å². The summed E-state index contributed by atoms with van der Waals surface area (Å²) in [6.07, 6.45) is 3.62. The lowest BCUT2D eigenvalue weighted by Crippen LogP contribution is -2.23. The standard InChI is InChI=1S/C15H18N4OS/c1-11-12(10-18-19-11)4-3-9-17-15(20)14-7-6-13(21-14)5-2-8-16/h6-7,10H,3-4,8-9,16H2,1H3,(H,17,20)(H,18,19). The Morgan fingerprint density at radius 1 is 1.52 bits per heavy atom. The average molecular weight is 302 g/mol. The molecule has 0 bridgehead atoms. The Kier molecular flexibility index (Phi) is 5.55. The maximum atomic E-state index is 12.0. The number of carbonyl (C=O) groups is 1. The lowest BCUT2D eigenvalue weighted by atomic mass is 10.1. The molecule has 0 aromatic carbocycles. The third kappa shape index (κ3) is 4.45. The number of rotatable bonds is 5. The lowest BCUT2D eigenvalue weighted by Gasteiger charge is -2.03. The van der Waals surface area contributed by atoms with Crippen LogP contribution in [0.4, 0.5) is 0 Å². The molecule has 1 amide bonds. The fourth-order valence-corrected chi connectivity index (χ4v) is 2.66. The summed E-state index contributed by atoms with van der Waals surface area (Å²) < 4.78 is 0. The van der Waals surface area contributed by atoms with Gasteiger partial charge in [0, 0.05) is 12.2 Å². The molecule has 0 aliphatic rings. The van der Waals surface area contributed by atoms with E-state index < -0.39 is 0 Å². The molecule has 21 heavy (non-hydrogen) atoms. The van der Waals surface area contributed by atoms with Crippen LogP contribution in [0.15, 0.2) is 18.3 Å². The van der Waals surface area contributed by atoms with Crippen molar-refractivity contribution in [3.8, 4) is 11.8 Å². The van der Waals surface area contributed by atoms with E-state index in [0.29, 0.717) is 18.0 Å². The summed E-state index contributed by atoms with van der Waals surface area (Å²) in [4.78, 5) is 13.5. The monoisotopic (exact) mass is 302 g/mol. The average Bonchev–Trinajstić information content (AvgIpc) is 3.10. The highest BCUT2D eigenvalue weighted by atomic mass is 32.1. The van der Waals surface area contributed by atoms with Gasteiger partial charge in [0.25, 0.3) is 5.91 Å². The highest BCUT2D eigenvalue weighted by Crippen LogP contribution is 2.15. The number of aryl methyl sites for hydroxylation is 2. The Morgan fingerprint density at radius 3 is 3.10 bits per heavy atom. The Bertz CT molecular complexity index is 663. The summed E-state index contributed by atoms with van der Waals surface area (Å²) in [5.41, 5.74) is 7.60. The van der Waals surface area contributed by atoms with Gasteiger partial charge in [-0.15, -0.1) is 11.3 Å². The first-order valence-corrected chi connectivity index (χ1v) is 7.58. The molecule has 2 aromatic heterocycles. The molecular weight excluding hydrogens is 284 g/mol. The molecule has 4 N–H and O–H groups in total. The number of carbonyl (C=O) groups excluding carboxylic acids is 1. The van der Waals surface area contributed by atoms with E-state index in [1.807, 2.05) is 19.2 Å². The van der Waals surface area contributed by atoms with Gasteiger partial charge < -0.3 is 11.1 Å². The topological polar surface area (TPSA) is 83.8 Å². The van der Waals surface area contributed by atoms with Crippen LogP contribution in [-0.2, 0) is 6.42 Å². The highest BCUT2D eigenvalue weighted by molar-refractivity contribution is 7.14. The predicted octanol–water partition coefficient (Wildman–Crippen LogP) is 1.45. The molecule has 0 aliphatic heterocycles. The van der Waals surface area contributed by atoms with E-state index in [0.717, 1.165) is 23.4 Å². The maximum Gasteiger partial charge on any atom is 0.261 e. The van der Waals surface area contributed by atoms with E-state index in [9.17, 15) is 4.79 Å². The van der Waals surface area contributed by atoms with Crippen molar-refractivity contribution in [2.24, 2.45) is 5.73 Å². The van der Waals surface area contributed by atoms with E-state index in [-0.39, 0.29) is 5.91 Å². The quantitative estimate of drug-likeness (QED) is 0.577. The molecule has 5 nitrogen and oxygen atoms in total. The first-order valence-electron chi connectivity index (χ1n) is 6.76. The molecule has 2 heterocycles. The molecular formula is C15H18N4OS. The Morgan fingerprint density at radius 2 is 2.38 bits per heavy atom. The Labute approximate surface area is 127 Å². The van der Waals surface area contributed by atoms with E-state index in [1.165, 1.54) is 16.9 Å². The van der Waals surface area contributed by atoms with Crippen LogP contribution in [0.2, 0.25) is 0 Å². The van der Waals surface area contributed by atoms with Gasteiger partial charge in [0.15, 0.2) is 0 Å². The van der Waals surface area contributed by atoms with Gasteiger partial charge in [-0.25, -0.2) is 0 Å². The molecule has 110 valence electrons. The van der Waals surface area contributed by atoms with E-state index >= 15 is 0 Å². The summed E-state index contributed by atoms with van der Waals surface area (Å²) in [6.45, 7) is 2.97. The van der Waals surface area contributed by atoms with Crippen LogP contribution < -0.4 is 11.1 Å². The van der Waals surface area contributed by atoms with Gasteiger partial charge >= 0.3 is 0 Å². The second-order valence-electron chi connectivity index (χ2n) is 4.55. The Balaban J connectivity index is 1.77. The minimum absolute atomic E-state index is 0.0512. The molecule has 2 rings (SSSR count). The van der Waals surface area contributed by atoms with Crippen molar-refractivity contribution in [3.05, 3.63) is 39.3 Å². The summed E-state index contributed by atoms with van der Waals surface area (Å²) in [5, 5.41) is 9.80. The third-order valence-electron chi connectivity index (χ3n) is 2.99. The smallest absolute Gasteiger partial charge is 0.261 e. The van der Waals surface area contributed by atoms with Crippen LogP contribution in [0.25, 0.3) is 0 Å². The third-order valence-corrected chi connectivity index (χ3v) is 3.99. The van der Waals surface area contributed by atoms with Crippen LogP contribution in [0.3, 0.4) is 0 Å². The van der Waals surface area contributed by atoms with Crippen LogP contribution in [0.1, 0.15) is 32.2 Å². The number of nitrogens with two attached hydrogens (primary N) is 1. The first kappa shape index (κ1) is 15.3. The van der Waals surface area contributed by atoms with E-state index in [1.54, 1.807) is 6.07 Å². The van der Waals surface area contributed by atoms with Gasteiger partial charge in [-0.3, -0.25) is 9.89 Å². The zero-order valence-corrected chi connectivity index (χ0v) is 12.7. The molecule has 0 fully saturated rings. The molecule has 6 heteroatoms. The summed E-state index contributed by atoms with van der Waals surface area (Å²) in [7, 11) is 0. The van der Waals surface area contributed by atoms with Gasteiger partial charge in [0.1, 0.15) is 0 Å². The van der Waals surface area contributed by atoms with Gasteiger partial charge in [0.2, 0.25) is 0 Å². The number of amides is 1. The maximum absolute atomic E-state index is 12.0. The second kappa shape index (κ2) is 7.62. The van der Waals surface area contributed by atoms with E-state index in [4.69, 9.17) is 5.73 Å². The molecule has 0 unspecified atom stereocenters. The molecule has 0 spiro atoms. The van der Waals surface area contributed by atoms with Crippen molar-refractivity contribution < 1.29 is 4.79 Å². The largest absolute Gasteiger partial charge is 0.351 e. The number of nitrogens with zero attached hydrogens (tertiary/aromatic N) is 1. The van der Waals surface area contributed by atoms with E-state index in [2.05, 4.69) is 27.4 Å². The van der Waals surface area contributed by atoms with Crippen LogP contribution in [0.5, 0.6) is 0 Å². The number of aromatic amines is 1. The number of aromatic nitrogens is 2. The van der Waals surface area contributed by atoms with Crippen molar-refractivity contribution in [1.29, 1.82) is 0 Å². The molecule has 0 saturated carbocycles. The van der Waals surface area contributed by atoms with Crippen molar-refractivity contribution in [3.63, 3.8) is 0 Å². The van der Waals surface area contributed by atoms with Gasteiger partial charge in [-0.2, -0.15) is 5.10 Å². The zero-order chi connectivity index (χ0) is 15.1. The summed E-state index contributed by atoms with van der Waals surface area (Å²) in [6, 6.07) is 3.64. The predicted molar refractivity (Wildman–Crippen MR) is 84.2 cm³/mol. The Hall–Kier alpha value is -2.10. The highest BCUT2D eigenvalue weighted by Gasteiger charge is 2.08. The number of H-pyrrole nitrogens is 1. The van der Waals surface area contributed by atoms with Gasteiger partial charge in [0.05, 0.1) is 22.5 Å². The zero-order valence-electron chi connectivity index (χ0n) is 11.9. The molecule has 2 aromatic rings. The fourth-order valence-electron chi connectivity index (χ4n) is 1.86. The second-order valence-corrected chi connectivity index (χ2v) is 5.63.